The van der Waals surface area contributed by atoms with Crippen LogP contribution >= 0.6 is 12.2 Å². The van der Waals surface area contributed by atoms with Gasteiger partial charge in [0.1, 0.15) is 0 Å². The van der Waals surface area contributed by atoms with E-state index in [1.807, 2.05) is 91.0 Å². The second-order valence-electron chi connectivity index (χ2n) is 5.10. The van der Waals surface area contributed by atoms with E-state index in [0.29, 0.717) is 5.11 Å². The van der Waals surface area contributed by atoms with Gasteiger partial charge in [0.2, 0.25) is 0 Å². The number of hydrogen-bond acceptors (Lipinski definition) is 2. The van der Waals surface area contributed by atoms with E-state index in [4.69, 9.17) is 12.2 Å². The number of hydrogen-bond donors (Lipinski definition) is 1. The molecule has 0 bridgehead atoms. The van der Waals surface area contributed by atoms with Gasteiger partial charge in [-0.2, -0.15) is 5.10 Å². The number of para-hydroxylation sites is 2. The average molecular weight is 331 g/mol. The zero-order chi connectivity index (χ0) is 16.6. The van der Waals surface area contributed by atoms with E-state index in [1.54, 1.807) is 11.2 Å². The maximum atomic E-state index is 5.56. The number of nitrogens with zero attached hydrogens (tertiary/aromatic N) is 2. The smallest absolute Gasteiger partial charge is 0.198 e. The molecule has 0 spiro atoms. The number of rotatable bonds is 4. The van der Waals surface area contributed by atoms with Gasteiger partial charge in [-0.05, 0) is 42.0 Å². The fraction of sp³-hybridized carbons (Fsp3) is 0. The van der Waals surface area contributed by atoms with Crippen molar-refractivity contribution in [3.63, 3.8) is 0 Å². The zero-order valence-electron chi connectivity index (χ0n) is 13.0. The van der Waals surface area contributed by atoms with Crippen LogP contribution < -0.4 is 10.3 Å². The van der Waals surface area contributed by atoms with E-state index in [2.05, 4.69) is 10.4 Å². The van der Waals surface area contributed by atoms with Crippen LogP contribution in [0.15, 0.2) is 96.1 Å². The van der Waals surface area contributed by atoms with Gasteiger partial charge < -0.3 is 5.32 Å². The second kappa shape index (κ2) is 8.04. The number of nitrogens with one attached hydrogen (secondary N) is 1. The first-order valence-corrected chi connectivity index (χ1v) is 8.04. The van der Waals surface area contributed by atoms with E-state index in [0.717, 1.165) is 16.9 Å². The zero-order valence-corrected chi connectivity index (χ0v) is 13.9. The normalized spacial score (nSPS) is 10.5. The summed E-state index contributed by atoms with van der Waals surface area (Å²) >= 11 is 5.56. The van der Waals surface area contributed by atoms with Gasteiger partial charge in [-0.1, -0.05) is 66.7 Å². The first-order chi connectivity index (χ1) is 11.8. The van der Waals surface area contributed by atoms with Crippen molar-refractivity contribution in [3.05, 3.63) is 96.6 Å². The van der Waals surface area contributed by atoms with Crippen molar-refractivity contribution in [1.29, 1.82) is 0 Å². The Hall–Kier alpha value is -2.98. The van der Waals surface area contributed by atoms with Crippen LogP contribution in [0.4, 0.5) is 11.4 Å². The molecular formula is C20H17N3S. The van der Waals surface area contributed by atoms with Gasteiger partial charge in [0, 0.05) is 5.69 Å². The van der Waals surface area contributed by atoms with Crippen LogP contribution in [0.1, 0.15) is 5.56 Å². The second-order valence-corrected chi connectivity index (χ2v) is 5.49. The Morgan fingerprint density at radius 1 is 0.792 bits per heavy atom. The minimum absolute atomic E-state index is 0.514. The van der Waals surface area contributed by atoms with Crippen LogP contribution in [0.25, 0.3) is 0 Å². The summed E-state index contributed by atoms with van der Waals surface area (Å²) in [6.07, 6.45) is 1.80. The molecule has 118 valence electrons. The van der Waals surface area contributed by atoms with Crippen LogP contribution in [0, 0.1) is 0 Å². The van der Waals surface area contributed by atoms with E-state index in [-0.39, 0.29) is 0 Å². The number of anilines is 2. The SMILES string of the molecule is S=C(Nc1ccccc1)N(/N=C/c1ccccc1)c1ccccc1. The summed E-state index contributed by atoms with van der Waals surface area (Å²) in [7, 11) is 0. The molecule has 0 amide bonds. The molecule has 0 atom stereocenters. The standard InChI is InChI=1S/C20H17N3S/c24-20(22-18-12-6-2-7-13-18)23(19-14-8-3-9-15-19)21-16-17-10-4-1-5-11-17/h1-16H,(H,22,24)/b21-16+. The summed E-state index contributed by atoms with van der Waals surface area (Å²) < 4.78 is 0. The molecule has 0 radical (unpaired) electrons. The molecule has 0 saturated carbocycles. The highest BCUT2D eigenvalue weighted by Crippen LogP contribution is 2.16. The van der Waals surface area contributed by atoms with E-state index < -0.39 is 0 Å². The molecule has 0 aliphatic carbocycles. The summed E-state index contributed by atoms with van der Waals surface area (Å²) in [4.78, 5) is 0. The average Bonchev–Trinajstić information content (AvgIpc) is 2.64. The van der Waals surface area contributed by atoms with Gasteiger partial charge in [-0.15, -0.1) is 0 Å². The minimum Gasteiger partial charge on any atom is -0.331 e. The Kier molecular flexibility index (Phi) is 5.32. The Labute approximate surface area is 147 Å². The molecule has 1 N–H and O–H groups in total. The van der Waals surface area contributed by atoms with E-state index in [9.17, 15) is 0 Å². The molecule has 4 heteroatoms. The molecule has 0 aliphatic heterocycles. The highest BCUT2D eigenvalue weighted by Gasteiger charge is 2.10. The summed E-state index contributed by atoms with van der Waals surface area (Å²) in [5.41, 5.74) is 2.84. The predicted octanol–water partition coefficient (Wildman–Crippen LogP) is 4.92. The molecule has 3 aromatic carbocycles. The lowest BCUT2D eigenvalue weighted by molar-refractivity contribution is 1.15. The fourth-order valence-electron chi connectivity index (χ4n) is 2.17. The molecule has 3 rings (SSSR count). The van der Waals surface area contributed by atoms with Crippen molar-refractivity contribution in [2.75, 3.05) is 10.3 Å². The largest absolute Gasteiger partial charge is 0.331 e. The molecule has 24 heavy (non-hydrogen) atoms. The highest BCUT2D eigenvalue weighted by atomic mass is 32.1. The predicted molar refractivity (Wildman–Crippen MR) is 106 cm³/mol. The molecule has 0 aromatic heterocycles. The lowest BCUT2D eigenvalue weighted by Gasteiger charge is -2.20. The van der Waals surface area contributed by atoms with Gasteiger partial charge >= 0.3 is 0 Å². The van der Waals surface area contributed by atoms with Crippen molar-refractivity contribution < 1.29 is 0 Å². The number of hydrazone groups is 1. The maximum absolute atomic E-state index is 5.56. The Morgan fingerprint density at radius 3 is 1.96 bits per heavy atom. The Morgan fingerprint density at radius 2 is 1.33 bits per heavy atom. The molecule has 0 heterocycles. The highest BCUT2D eigenvalue weighted by molar-refractivity contribution is 7.80. The summed E-state index contributed by atoms with van der Waals surface area (Å²) in [6.45, 7) is 0. The third-order valence-electron chi connectivity index (χ3n) is 3.34. The summed E-state index contributed by atoms with van der Waals surface area (Å²) in [5, 5.41) is 10.0. The maximum Gasteiger partial charge on any atom is 0.198 e. The van der Waals surface area contributed by atoms with Gasteiger partial charge in [0.25, 0.3) is 0 Å². The van der Waals surface area contributed by atoms with E-state index in [1.165, 1.54) is 0 Å². The van der Waals surface area contributed by atoms with Crippen molar-refractivity contribution in [1.82, 2.24) is 0 Å². The topological polar surface area (TPSA) is 27.6 Å². The first-order valence-electron chi connectivity index (χ1n) is 7.63. The van der Waals surface area contributed by atoms with Gasteiger partial charge in [-0.25, -0.2) is 5.01 Å². The van der Waals surface area contributed by atoms with Crippen LogP contribution in [0.5, 0.6) is 0 Å². The lowest BCUT2D eigenvalue weighted by Crippen LogP contribution is -2.30. The van der Waals surface area contributed by atoms with Crippen molar-refractivity contribution in [2.24, 2.45) is 5.10 Å². The Balaban J connectivity index is 1.85. The third kappa shape index (κ3) is 4.27. The summed E-state index contributed by atoms with van der Waals surface area (Å²) in [6, 6.07) is 29.6. The molecule has 3 nitrogen and oxygen atoms in total. The van der Waals surface area contributed by atoms with Crippen LogP contribution in [-0.2, 0) is 0 Å². The molecule has 0 fully saturated rings. The monoisotopic (exact) mass is 331 g/mol. The molecule has 3 aromatic rings. The quantitative estimate of drug-likeness (QED) is 0.417. The minimum atomic E-state index is 0.514. The van der Waals surface area contributed by atoms with Crippen molar-refractivity contribution >= 4 is 34.9 Å². The lowest BCUT2D eigenvalue weighted by atomic mass is 10.2. The molecule has 0 unspecified atom stereocenters. The van der Waals surface area contributed by atoms with E-state index >= 15 is 0 Å². The number of thiocarbonyl (C=S) groups is 1. The van der Waals surface area contributed by atoms with Gasteiger partial charge in [0.05, 0.1) is 11.9 Å². The van der Waals surface area contributed by atoms with Crippen molar-refractivity contribution in [3.8, 4) is 0 Å². The number of benzene rings is 3. The molecular weight excluding hydrogens is 314 g/mol. The van der Waals surface area contributed by atoms with Gasteiger partial charge in [0.15, 0.2) is 5.11 Å². The molecule has 0 aliphatic rings. The summed E-state index contributed by atoms with van der Waals surface area (Å²) in [5.74, 6) is 0. The van der Waals surface area contributed by atoms with Crippen molar-refractivity contribution in [2.45, 2.75) is 0 Å². The third-order valence-corrected chi connectivity index (χ3v) is 3.62. The van der Waals surface area contributed by atoms with Gasteiger partial charge in [-0.3, -0.25) is 0 Å². The van der Waals surface area contributed by atoms with Crippen LogP contribution in [0.2, 0.25) is 0 Å². The Bertz CT molecular complexity index is 802. The fourth-order valence-corrected chi connectivity index (χ4v) is 2.44. The van der Waals surface area contributed by atoms with Crippen LogP contribution in [-0.4, -0.2) is 11.3 Å². The van der Waals surface area contributed by atoms with Crippen LogP contribution in [0.3, 0.4) is 0 Å². The molecule has 0 saturated heterocycles. The first kappa shape index (κ1) is 15.9.